The Morgan fingerprint density at radius 2 is 2.05 bits per heavy atom. The molecule has 0 radical (unpaired) electrons. The monoisotopic (exact) mass is 275 g/mol. The maximum absolute atomic E-state index is 13.6. The van der Waals surface area contributed by atoms with E-state index in [0.717, 1.165) is 29.5 Å². The Morgan fingerprint density at radius 3 is 2.58 bits per heavy atom. The van der Waals surface area contributed by atoms with Crippen LogP contribution >= 0.6 is 0 Å². The van der Waals surface area contributed by atoms with Crippen molar-refractivity contribution < 1.29 is 22.7 Å². The van der Waals surface area contributed by atoms with Crippen LogP contribution in [-0.4, -0.2) is 26.3 Å². The van der Waals surface area contributed by atoms with Gasteiger partial charge in [0.1, 0.15) is 24.3 Å². The second kappa shape index (κ2) is 4.96. The highest BCUT2D eigenvalue weighted by Gasteiger charge is 2.42. The van der Waals surface area contributed by atoms with Crippen LogP contribution in [0.25, 0.3) is 0 Å². The molecule has 19 heavy (non-hydrogen) atoms. The Kier molecular flexibility index (Phi) is 3.52. The molecule has 0 saturated carbocycles. The normalized spacial score (nSPS) is 14.6. The maximum Gasteiger partial charge on any atom is 0.272 e. The van der Waals surface area contributed by atoms with Crippen LogP contribution < -0.4 is 0 Å². The van der Waals surface area contributed by atoms with E-state index in [4.69, 9.17) is 0 Å². The molecule has 8 heteroatoms. The van der Waals surface area contributed by atoms with Gasteiger partial charge in [0.25, 0.3) is 6.43 Å². The average Bonchev–Trinajstić information content (AvgIpc) is 2.81. The lowest BCUT2D eigenvalue weighted by atomic mass is 9.93. The van der Waals surface area contributed by atoms with E-state index in [1.165, 1.54) is 0 Å². The molecule has 1 aromatic heterocycles. The molecule has 1 N–H and O–H groups in total. The molecule has 0 aliphatic carbocycles. The molecule has 2 aromatic rings. The highest BCUT2D eigenvalue weighted by Crippen LogP contribution is 2.32. The second-order valence-electron chi connectivity index (χ2n) is 3.94. The highest BCUT2D eigenvalue weighted by molar-refractivity contribution is 5.25. The summed E-state index contributed by atoms with van der Waals surface area (Å²) in [4.78, 5) is 3.54. The maximum atomic E-state index is 13.6. The van der Waals surface area contributed by atoms with Gasteiger partial charge in [-0.15, -0.1) is 0 Å². The Labute approximate surface area is 105 Å². The van der Waals surface area contributed by atoms with Crippen molar-refractivity contribution in [3.63, 3.8) is 0 Å². The third-order valence-electron chi connectivity index (χ3n) is 2.63. The summed E-state index contributed by atoms with van der Waals surface area (Å²) in [5, 5.41) is 13.6. The Morgan fingerprint density at radius 1 is 1.32 bits per heavy atom. The number of hydrogen-bond donors (Lipinski definition) is 1. The van der Waals surface area contributed by atoms with Crippen LogP contribution in [0.3, 0.4) is 0 Å². The molecule has 1 aromatic carbocycles. The van der Waals surface area contributed by atoms with Gasteiger partial charge in [0.05, 0.1) is 6.54 Å². The minimum Gasteiger partial charge on any atom is -0.377 e. The van der Waals surface area contributed by atoms with Gasteiger partial charge in [0.15, 0.2) is 5.60 Å². The van der Waals surface area contributed by atoms with Crippen LogP contribution in [0.5, 0.6) is 0 Å². The Balaban J connectivity index is 2.43. The molecule has 0 aliphatic heterocycles. The quantitative estimate of drug-likeness (QED) is 0.864. The van der Waals surface area contributed by atoms with E-state index in [9.17, 15) is 22.7 Å². The molecule has 0 amide bonds. The van der Waals surface area contributed by atoms with Gasteiger partial charge in [-0.05, 0) is 6.07 Å². The number of halogens is 4. The molecule has 1 unspecified atom stereocenters. The number of alkyl halides is 2. The van der Waals surface area contributed by atoms with Crippen molar-refractivity contribution in [2.24, 2.45) is 0 Å². The van der Waals surface area contributed by atoms with Crippen LogP contribution in [0.15, 0.2) is 30.9 Å². The first kappa shape index (κ1) is 13.5. The van der Waals surface area contributed by atoms with E-state index in [-0.39, 0.29) is 0 Å². The lowest BCUT2D eigenvalue weighted by molar-refractivity contribution is -0.116. The van der Waals surface area contributed by atoms with E-state index < -0.39 is 35.8 Å². The van der Waals surface area contributed by atoms with Crippen molar-refractivity contribution in [1.82, 2.24) is 14.8 Å². The number of benzene rings is 1. The van der Waals surface area contributed by atoms with Gasteiger partial charge in [-0.2, -0.15) is 5.10 Å². The largest absolute Gasteiger partial charge is 0.377 e. The average molecular weight is 275 g/mol. The summed E-state index contributed by atoms with van der Waals surface area (Å²) in [6.45, 7) is -0.701. The minimum absolute atomic E-state index is 0.435. The van der Waals surface area contributed by atoms with E-state index in [1.807, 2.05) is 0 Å². The second-order valence-corrected chi connectivity index (χ2v) is 3.94. The molecule has 1 heterocycles. The summed E-state index contributed by atoms with van der Waals surface area (Å²) in [6, 6.07) is 2.02. The third-order valence-corrected chi connectivity index (χ3v) is 2.63. The van der Waals surface area contributed by atoms with Gasteiger partial charge in [-0.1, -0.05) is 6.07 Å². The summed E-state index contributed by atoms with van der Waals surface area (Å²) in [6.07, 6.45) is -1.08. The number of aromatic nitrogens is 3. The molecule has 0 spiro atoms. The first-order chi connectivity index (χ1) is 8.93. The first-order valence-corrected chi connectivity index (χ1v) is 5.22. The van der Waals surface area contributed by atoms with Crippen molar-refractivity contribution in [2.45, 2.75) is 18.6 Å². The van der Waals surface area contributed by atoms with Crippen LogP contribution in [0.1, 0.15) is 5.56 Å². The number of rotatable bonds is 4. The zero-order valence-electron chi connectivity index (χ0n) is 9.47. The van der Waals surface area contributed by atoms with Gasteiger partial charge in [-0.3, -0.25) is 0 Å². The molecule has 4 nitrogen and oxygen atoms in total. The zero-order chi connectivity index (χ0) is 14.0. The van der Waals surface area contributed by atoms with Crippen LogP contribution in [0.2, 0.25) is 0 Å². The molecule has 102 valence electrons. The minimum atomic E-state index is -3.28. The standard InChI is InChI=1S/C11H9F4N3O/c12-7-1-2-8(9(13)3-7)11(19,10(14)15)4-18-6-16-5-17-18/h1-3,5-6,10,19H,4H2. The Bertz CT molecular complexity index is 561. The molecular formula is C11H9F4N3O. The van der Waals surface area contributed by atoms with Gasteiger partial charge in [-0.25, -0.2) is 27.2 Å². The molecular weight excluding hydrogens is 266 g/mol. The van der Waals surface area contributed by atoms with E-state index in [2.05, 4.69) is 10.1 Å². The van der Waals surface area contributed by atoms with E-state index >= 15 is 0 Å². The van der Waals surface area contributed by atoms with Crippen LogP contribution in [-0.2, 0) is 12.1 Å². The zero-order valence-corrected chi connectivity index (χ0v) is 9.47. The van der Waals surface area contributed by atoms with Gasteiger partial charge >= 0.3 is 0 Å². The van der Waals surface area contributed by atoms with Crippen LogP contribution in [0, 0.1) is 11.6 Å². The fourth-order valence-corrected chi connectivity index (χ4v) is 1.67. The predicted molar refractivity (Wildman–Crippen MR) is 56.3 cm³/mol. The van der Waals surface area contributed by atoms with Crippen molar-refractivity contribution in [2.75, 3.05) is 0 Å². The lowest BCUT2D eigenvalue weighted by Crippen LogP contribution is -2.40. The molecule has 2 rings (SSSR count). The lowest BCUT2D eigenvalue weighted by Gasteiger charge is -2.27. The van der Waals surface area contributed by atoms with E-state index in [0.29, 0.717) is 6.07 Å². The predicted octanol–water partition coefficient (Wildman–Crippen LogP) is 1.71. The van der Waals surface area contributed by atoms with Gasteiger partial charge < -0.3 is 5.11 Å². The van der Waals surface area contributed by atoms with Crippen molar-refractivity contribution in [3.8, 4) is 0 Å². The summed E-state index contributed by atoms with van der Waals surface area (Å²) >= 11 is 0. The summed E-state index contributed by atoms with van der Waals surface area (Å²) < 4.78 is 53.4. The molecule has 1 atom stereocenters. The number of aliphatic hydroxyl groups is 1. The topological polar surface area (TPSA) is 50.9 Å². The van der Waals surface area contributed by atoms with Crippen molar-refractivity contribution >= 4 is 0 Å². The fourth-order valence-electron chi connectivity index (χ4n) is 1.67. The number of nitrogens with zero attached hydrogens (tertiary/aromatic N) is 3. The summed E-state index contributed by atoms with van der Waals surface area (Å²) in [5.41, 5.74) is -3.51. The van der Waals surface area contributed by atoms with Crippen molar-refractivity contribution in [3.05, 3.63) is 48.1 Å². The van der Waals surface area contributed by atoms with E-state index in [1.54, 1.807) is 0 Å². The molecule has 0 fully saturated rings. The number of hydrogen-bond acceptors (Lipinski definition) is 3. The van der Waals surface area contributed by atoms with Crippen molar-refractivity contribution in [1.29, 1.82) is 0 Å². The smallest absolute Gasteiger partial charge is 0.272 e. The SMILES string of the molecule is OC(Cn1cncn1)(c1ccc(F)cc1F)C(F)F. The molecule has 0 aliphatic rings. The van der Waals surface area contributed by atoms with Gasteiger partial charge in [0, 0.05) is 11.6 Å². The fraction of sp³-hybridized carbons (Fsp3) is 0.273. The Hall–Kier alpha value is -1.96. The van der Waals surface area contributed by atoms with Gasteiger partial charge in [0.2, 0.25) is 0 Å². The van der Waals surface area contributed by atoms with Crippen LogP contribution in [0.4, 0.5) is 17.6 Å². The molecule has 0 bridgehead atoms. The molecule has 0 saturated heterocycles. The first-order valence-electron chi connectivity index (χ1n) is 5.22. The third kappa shape index (κ3) is 2.58. The summed E-state index contributed by atoms with van der Waals surface area (Å²) in [7, 11) is 0. The summed E-state index contributed by atoms with van der Waals surface area (Å²) in [5.74, 6) is -2.17. The highest BCUT2D eigenvalue weighted by atomic mass is 19.3.